The number of nitrogens with two attached hydrogens (primary N) is 1. The molecule has 1 aromatic rings. The Balaban J connectivity index is 1.96. The van der Waals surface area contributed by atoms with Gasteiger partial charge in [0, 0.05) is 12.1 Å². The van der Waals surface area contributed by atoms with Crippen molar-refractivity contribution in [3.05, 3.63) is 17.5 Å². The number of carbonyl (C=O) groups excluding carboxylic acids is 1. The molecule has 0 radical (unpaired) electrons. The molecule has 2 unspecified atom stereocenters. The molecule has 0 aliphatic heterocycles. The van der Waals surface area contributed by atoms with Crippen molar-refractivity contribution in [3.8, 4) is 0 Å². The highest BCUT2D eigenvalue weighted by Crippen LogP contribution is 2.23. The summed E-state index contributed by atoms with van der Waals surface area (Å²) in [7, 11) is 1.93. The average molecular weight is 268 g/mol. The summed E-state index contributed by atoms with van der Waals surface area (Å²) in [5.41, 5.74) is 2.17. The maximum atomic E-state index is 11.3. The normalized spacial score (nSPS) is 23.6. The number of nitrogen functional groups attached to an aromatic ring is 1. The third-order valence-electron chi connectivity index (χ3n) is 3.59. The first kappa shape index (κ1) is 14.0. The van der Waals surface area contributed by atoms with Crippen LogP contribution >= 0.6 is 0 Å². The summed E-state index contributed by atoms with van der Waals surface area (Å²) in [5, 5.41) is 13.6. The molecule has 1 heterocycles. The van der Waals surface area contributed by atoms with E-state index in [0.717, 1.165) is 25.7 Å². The Morgan fingerprint density at radius 3 is 3.05 bits per heavy atom. The van der Waals surface area contributed by atoms with E-state index in [-0.39, 0.29) is 17.8 Å². The minimum Gasteiger partial charge on any atom is -0.391 e. The van der Waals surface area contributed by atoms with Crippen LogP contribution in [-0.4, -0.2) is 40.3 Å². The van der Waals surface area contributed by atoms with Gasteiger partial charge in [0.05, 0.1) is 12.6 Å². The standard InChI is InChI=1S/C12H20N4O3/c1-16(10-4-2-3-5-11(10)17)7-8-6-9(15-19-8)12(18)14-13/h6,10-11,17H,2-5,7,13H2,1H3,(H,14,18). The van der Waals surface area contributed by atoms with Crippen molar-refractivity contribution in [1.29, 1.82) is 0 Å². The van der Waals surface area contributed by atoms with Crippen LogP contribution < -0.4 is 11.3 Å². The number of aromatic nitrogens is 1. The van der Waals surface area contributed by atoms with Gasteiger partial charge in [0.1, 0.15) is 0 Å². The number of likely N-dealkylation sites (N-methyl/N-ethyl adjacent to an activating group) is 1. The molecule has 0 aromatic carbocycles. The van der Waals surface area contributed by atoms with Gasteiger partial charge >= 0.3 is 0 Å². The van der Waals surface area contributed by atoms with Crippen LogP contribution in [0.2, 0.25) is 0 Å². The van der Waals surface area contributed by atoms with Crippen molar-refractivity contribution in [2.24, 2.45) is 5.84 Å². The summed E-state index contributed by atoms with van der Waals surface area (Å²) >= 11 is 0. The summed E-state index contributed by atoms with van der Waals surface area (Å²) in [6.07, 6.45) is 3.72. The fraction of sp³-hybridized carbons (Fsp3) is 0.667. The molecule has 0 saturated heterocycles. The number of carbonyl (C=O) groups is 1. The number of aliphatic hydroxyl groups excluding tert-OH is 1. The van der Waals surface area contributed by atoms with Gasteiger partial charge in [-0.25, -0.2) is 5.84 Å². The van der Waals surface area contributed by atoms with Gasteiger partial charge in [0.2, 0.25) is 0 Å². The van der Waals surface area contributed by atoms with Crippen LogP contribution in [0.25, 0.3) is 0 Å². The number of nitrogens with one attached hydrogen (secondary N) is 1. The number of rotatable bonds is 4. The molecule has 1 aliphatic carbocycles. The van der Waals surface area contributed by atoms with Crippen molar-refractivity contribution < 1.29 is 14.4 Å². The predicted molar refractivity (Wildman–Crippen MR) is 67.9 cm³/mol. The van der Waals surface area contributed by atoms with Gasteiger partial charge in [-0.05, 0) is 19.9 Å². The molecule has 1 amide bonds. The first-order valence-electron chi connectivity index (χ1n) is 6.46. The summed E-state index contributed by atoms with van der Waals surface area (Å²) in [6, 6.07) is 1.69. The zero-order chi connectivity index (χ0) is 13.8. The molecule has 0 bridgehead atoms. The van der Waals surface area contributed by atoms with Crippen molar-refractivity contribution in [1.82, 2.24) is 15.5 Å². The lowest BCUT2D eigenvalue weighted by Gasteiger charge is -2.34. The molecule has 106 valence electrons. The van der Waals surface area contributed by atoms with Crippen LogP contribution in [0.1, 0.15) is 41.9 Å². The van der Waals surface area contributed by atoms with E-state index >= 15 is 0 Å². The minimum atomic E-state index is -0.477. The first-order chi connectivity index (χ1) is 9.11. The highest BCUT2D eigenvalue weighted by Gasteiger charge is 2.27. The molecule has 19 heavy (non-hydrogen) atoms. The lowest BCUT2D eigenvalue weighted by Crippen LogP contribution is -2.42. The second kappa shape index (κ2) is 6.14. The van der Waals surface area contributed by atoms with E-state index < -0.39 is 5.91 Å². The molecule has 1 aromatic heterocycles. The molecule has 4 N–H and O–H groups in total. The smallest absolute Gasteiger partial charge is 0.287 e. The third-order valence-corrected chi connectivity index (χ3v) is 3.59. The number of aliphatic hydroxyl groups is 1. The van der Waals surface area contributed by atoms with Crippen LogP contribution in [0.5, 0.6) is 0 Å². The molecular formula is C12H20N4O3. The third kappa shape index (κ3) is 3.31. The Kier molecular flexibility index (Phi) is 4.52. The van der Waals surface area contributed by atoms with Crippen LogP contribution in [0.4, 0.5) is 0 Å². The molecule has 2 rings (SSSR count). The summed E-state index contributed by atoms with van der Waals surface area (Å²) in [5.74, 6) is 5.13. The van der Waals surface area contributed by atoms with E-state index in [1.54, 1.807) is 6.07 Å². The second-order valence-corrected chi connectivity index (χ2v) is 4.99. The molecule has 0 spiro atoms. The highest BCUT2D eigenvalue weighted by molar-refractivity contribution is 5.91. The van der Waals surface area contributed by atoms with Crippen LogP contribution in [-0.2, 0) is 6.54 Å². The number of hydrogen-bond donors (Lipinski definition) is 3. The summed E-state index contributed by atoms with van der Waals surface area (Å²) in [4.78, 5) is 13.3. The van der Waals surface area contributed by atoms with E-state index in [1.807, 2.05) is 17.4 Å². The van der Waals surface area contributed by atoms with Crippen molar-refractivity contribution in [2.45, 2.75) is 44.4 Å². The van der Waals surface area contributed by atoms with Gasteiger partial charge in [0.25, 0.3) is 5.91 Å². The monoisotopic (exact) mass is 268 g/mol. The molecule has 7 heteroatoms. The summed E-state index contributed by atoms with van der Waals surface area (Å²) < 4.78 is 5.09. The fourth-order valence-corrected chi connectivity index (χ4v) is 2.54. The topological polar surface area (TPSA) is 105 Å². The maximum Gasteiger partial charge on any atom is 0.287 e. The van der Waals surface area contributed by atoms with Crippen LogP contribution in [0, 0.1) is 0 Å². The Hall–Kier alpha value is -1.44. The second-order valence-electron chi connectivity index (χ2n) is 4.99. The zero-order valence-electron chi connectivity index (χ0n) is 11.0. The zero-order valence-corrected chi connectivity index (χ0v) is 11.0. The van der Waals surface area contributed by atoms with Gasteiger partial charge in [-0.15, -0.1) is 0 Å². The van der Waals surface area contributed by atoms with E-state index in [2.05, 4.69) is 5.16 Å². The molecule has 1 saturated carbocycles. The Bertz CT molecular complexity index is 434. The van der Waals surface area contributed by atoms with Crippen LogP contribution in [0.3, 0.4) is 0 Å². The van der Waals surface area contributed by atoms with Crippen molar-refractivity contribution in [2.75, 3.05) is 7.05 Å². The molecular weight excluding hydrogens is 248 g/mol. The average Bonchev–Trinajstić information content (AvgIpc) is 2.86. The van der Waals surface area contributed by atoms with Gasteiger partial charge in [0.15, 0.2) is 11.5 Å². The molecule has 7 nitrogen and oxygen atoms in total. The van der Waals surface area contributed by atoms with E-state index in [9.17, 15) is 9.90 Å². The molecule has 1 aliphatic rings. The van der Waals surface area contributed by atoms with Gasteiger partial charge in [-0.2, -0.15) is 0 Å². The SMILES string of the molecule is CN(Cc1cc(C(=O)NN)no1)C1CCCCC1O. The van der Waals surface area contributed by atoms with Gasteiger partial charge in [-0.3, -0.25) is 15.1 Å². The minimum absolute atomic E-state index is 0.130. The number of hydrazine groups is 1. The van der Waals surface area contributed by atoms with Crippen molar-refractivity contribution >= 4 is 5.91 Å². The maximum absolute atomic E-state index is 11.3. The number of nitrogens with zero attached hydrogens (tertiary/aromatic N) is 2. The molecule has 2 atom stereocenters. The lowest BCUT2D eigenvalue weighted by atomic mass is 9.91. The Morgan fingerprint density at radius 2 is 2.37 bits per heavy atom. The lowest BCUT2D eigenvalue weighted by molar-refractivity contribution is 0.0255. The van der Waals surface area contributed by atoms with E-state index in [1.165, 1.54) is 0 Å². The van der Waals surface area contributed by atoms with Crippen LogP contribution in [0.15, 0.2) is 10.6 Å². The summed E-state index contributed by atoms with van der Waals surface area (Å²) in [6.45, 7) is 0.507. The van der Waals surface area contributed by atoms with E-state index in [4.69, 9.17) is 10.4 Å². The predicted octanol–water partition coefficient (Wildman–Crippen LogP) is 0.0134. The number of amides is 1. The molecule has 1 fully saturated rings. The number of hydrogen-bond acceptors (Lipinski definition) is 6. The largest absolute Gasteiger partial charge is 0.391 e. The Morgan fingerprint density at radius 1 is 1.63 bits per heavy atom. The fourth-order valence-electron chi connectivity index (χ4n) is 2.54. The highest BCUT2D eigenvalue weighted by atomic mass is 16.5. The first-order valence-corrected chi connectivity index (χ1v) is 6.46. The van der Waals surface area contributed by atoms with E-state index in [0.29, 0.717) is 12.3 Å². The quantitative estimate of drug-likeness (QED) is 0.404. The van der Waals surface area contributed by atoms with Gasteiger partial charge in [-0.1, -0.05) is 18.0 Å². The van der Waals surface area contributed by atoms with Crippen molar-refractivity contribution in [3.63, 3.8) is 0 Å². The van der Waals surface area contributed by atoms with Gasteiger partial charge < -0.3 is 9.63 Å². The Labute approximate surface area is 111 Å².